The highest BCUT2D eigenvalue weighted by Gasteiger charge is 2.02. The van der Waals surface area contributed by atoms with E-state index < -0.39 is 0 Å². The molecular formula is C4H8BN. The molecule has 0 bridgehead atoms. The average Bonchev–Trinajstić information content (AvgIpc) is 1.86. The second kappa shape index (κ2) is 1.48. The van der Waals surface area contributed by atoms with Gasteiger partial charge in [0.1, 0.15) is 0 Å². The molecule has 0 saturated carbocycles. The quantitative estimate of drug-likeness (QED) is 0.413. The van der Waals surface area contributed by atoms with E-state index in [0.29, 0.717) is 6.85 Å². The van der Waals surface area contributed by atoms with Crippen LogP contribution in [0, 0.1) is 0 Å². The maximum atomic E-state index is 3.21. The molecule has 0 aliphatic carbocycles. The summed E-state index contributed by atoms with van der Waals surface area (Å²) in [5.74, 6) is 2.17. The monoisotopic (exact) mass is 81.1 g/mol. The van der Waals surface area contributed by atoms with Crippen molar-refractivity contribution in [1.29, 1.82) is 0 Å². The Hall–Kier alpha value is -0.235. The fourth-order valence-corrected chi connectivity index (χ4v) is 0.594. The first-order chi connectivity index (χ1) is 2.89. The Morgan fingerprint density at radius 3 is 2.83 bits per heavy atom. The van der Waals surface area contributed by atoms with Crippen LogP contribution in [0.3, 0.4) is 0 Å². The highest BCUT2D eigenvalue weighted by molar-refractivity contribution is 6.61. The third-order valence-electron chi connectivity index (χ3n) is 0.982. The van der Waals surface area contributed by atoms with Gasteiger partial charge in [0.15, 0.2) is 0 Å². The molecule has 0 atom stereocenters. The van der Waals surface area contributed by atoms with Gasteiger partial charge in [-0.15, -0.1) is 5.98 Å². The molecule has 0 radical (unpaired) electrons. The van der Waals surface area contributed by atoms with Gasteiger partial charge in [0.05, 0.1) is 0 Å². The van der Waals surface area contributed by atoms with Crippen LogP contribution in [-0.2, 0) is 0 Å². The predicted molar refractivity (Wildman–Crippen MR) is 28.8 cm³/mol. The number of nitrogens with one attached hydrogen (secondary N) is 1. The summed E-state index contributed by atoms with van der Waals surface area (Å²) < 4.78 is 0. The van der Waals surface area contributed by atoms with E-state index in [0.717, 1.165) is 6.54 Å². The second-order valence-electron chi connectivity index (χ2n) is 1.63. The third-order valence-corrected chi connectivity index (χ3v) is 0.982. The summed E-state index contributed by atoms with van der Waals surface area (Å²) in [6, 6.07) is 0. The lowest BCUT2D eigenvalue weighted by atomic mass is 9.68. The fraction of sp³-hybridized carbons (Fsp3) is 0.500. The largest absolute Gasteiger partial charge is 0.349 e. The molecule has 1 N–H and O–H groups in total. The zero-order valence-electron chi connectivity index (χ0n) is 3.94. The molecule has 6 heavy (non-hydrogen) atoms. The molecular weight excluding hydrogens is 72.9 g/mol. The molecule has 1 aliphatic rings. The first-order valence-corrected chi connectivity index (χ1v) is 2.29. The van der Waals surface area contributed by atoms with E-state index in [9.17, 15) is 0 Å². The standard InChI is InChI=1S/C4H8BN/c1-5-3-2-4-6-5/h2-3,6H,4H2,1H3. The lowest BCUT2D eigenvalue weighted by Gasteiger charge is -1.88. The number of hydrogen-bond acceptors (Lipinski definition) is 1. The van der Waals surface area contributed by atoms with Crippen LogP contribution < -0.4 is 5.23 Å². The minimum absolute atomic E-state index is 0.616. The molecule has 0 amide bonds. The van der Waals surface area contributed by atoms with Gasteiger partial charge in [0.25, 0.3) is 0 Å². The Morgan fingerprint density at radius 2 is 2.67 bits per heavy atom. The van der Waals surface area contributed by atoms with Crippen molar-refractivity contribution >= 4 is 6.85 Å². The van der Waals surface area contributed by atoms with Crippen LogP contribution in [0.15, 0.2) is 12.1 Å². The Morgan fingerprint density at radius 1 is 1.83 bits per heavy atom. The van der Waals surface area contributed by atoms with Crippen molar-refractivity contribution in [2.75, 3.05) is 6.54 Å². The number of rotatable bonds is 0. The summed E-state index contributed by atoms with van der Waals surface area (Å²) >= 11 is 0. The summed E-state index contributed by atoms with van der Waals surface area (Å²) in [6.45, 7) is 3.81. The van der Waals surface area contributed by atoms with Crippen LogP contribution in [0.25, 0.3) is 0 Å². The zero-order chi connectivity index (χ0) is 4.41. The third kappa shape index (κ3) is 0.629. The van der Waals surface area contributed by atoms with Gasteiger partial charge in [-0.1, -0.05) is 12.9 Å². The van der Waals surface area contributed by atoms with Gasteiger partial charge in [0, 0.05) is 6.54 Å². The first kappa shape index (κ1) is 3.94. The zero-order valence-corrected chi connectivity index (χ0v) is 3.94. The van der Waals surface area contributed by atoms with E-state index in [-0.39, 0.29) is 0 Å². The Labute approximate surface area is 38.5 Å². The minimum Gasteiger partial charge on any atom is -0.349 e. The van der Waals surface area contributed by atoms with Gasteiger partial charge in [-0.2, -0.15) is 0 Å². The molecule has 1 rings (SSSR count). The van der Waals surface area contributed by atoms with Crippen LogP contribution in [0.2, 0.25) is 6.82 Å². The summed E-state index contributed by atoms with van der Waals surface area (Å²) in [5, 5.41) is 3.21. The maximum Gasteiger partial charge on any atom is 0.243 e. The van der Waals surface area contributed by atoms with Crippen molar-refractivity contribution < 1.29 is 0 Å². The molecule has 0 unspecified atom stereocenters. The Kier molecular flexibility index (Phi) is 0.969. The minimum atomic E-state index is 0.616. The van der Waals surface area contributed by atoms with E-state index in [4.69, 9.17) is 0 Å². The highest BCUT2D eigenvalue weighted by Crippen LogP contribution is 1.85. The molecule has 1 nitrogen and oxygen atoms in total. The van der Waals surface area contributed by atoms with Gasteiger partial charge in [-0.3, -0.25) is 0 Å². The summed E-state index contributed by atoms with van der Waals surface area (Å²) in [7, 11) is 0. The SMILES string of the molecule is CB1C=CCN1. The molecule has 0 aromatic carbocycles. The topological polar surface area (TPSA) is 12.0 Å². The molecule has 2 heteroatoms. The van der Waals surface area contributed by atoms with E-state index in [1.807, 2.05) is 0 Å². The summed E-state index contributed by atoms with van der Waals surface area (Å²) in [5.41, 5.74) is 0. The molecule has 0 aromatic rings. The van der Waals surface area contributed by atoms with Crippen molar-refractivity contribution in [2.24, 2.45) is 0 Å². The van der Waals surface area contributed by atoms with Crippen molar-refractivity contribution in [3.63, 3.8) is 0 Å². The van der Waals surface area contributed by atoms with Crippen molar-refractivity contribution in [1.82, 2.24) is 5.23 Å². The van der Waals surface area contributed by atoms with Crippen LogP contribution in [0.5, 0.6) is 0 Å². The summed E-state index contributed by atoms with van der Waals surface area (Å²) in [6.07, 6.45) is 2.14. The molecule has 0 saturated heterocycles. The molecule has 0 aromatic heterocycles. The summed E-state index contributed by atoms with van der Waals surface area (Å²) in [4.78, 5) is 0. The van der Waals surface area contributed by atoms with Gasteiger partial charge in [-0.25, -0.2) is 0 Å². The Balaban J connectivity index is 2.38. The van der Waals surface area contributed by atoms with Crippen LogP contribution in [0.1, 0.15) is 0 Å². The molecule has 0 spiro atoms. The highest BCUT2D eigenvalue weighted by atomic mass is 14.8. The number of hydrogen-bond donors (Lipinski definition) is 1. The predicted octanol–water partition coefficient (Wildman–Crippen LogP) is 0.306. The molecule has 1 heterocycles. The van der Waals surface area contributed by atoms with Gasteiger partial charge < -0.3 is 5.23 Å². The lowest BCUT2D eigenvalue weighted by Crippen LogP contribution is -2.22. The van der Waals surface area contributed by atoms with E-state index in [1.54, 1.807) is 0 Å². The smallest absolute Gasteiger partial charge is 0.243 e. The molecule has 32 valence electrons. The normalized spacial score (nSPS) is 19.8. The molecule has 0 fully saturated rings. The second-order valence-corrected chi connectivity index (χ2v) is 1.63. The van der Waals surface area contributed by atoms with Gasteiger partial charge >= 0.3 is 0 Å². The van der Waals surface area contributed by atoms with E-state index in [2.05, 4.69) is 24.1 Å². The lowest BCUT2D eigenvalue weighted by molar-refractivity contribution is 1.11. The Bertz CT molecular complexity index is 69.9. The molecule has 1 aliphatic heterocycles. The fourth-order valence-electron chi connectivity index (χ4n) is 0.594. The van der Waals surface area contributed by atoms with Crippen LogP contribution >= 0.6 is 0 Å². The van der Waals surface area contributed by atoms with Crippen molar-refractivity contribution in [3.05, 3.63) is 12.1 Å². The van der Waals surface area contributed by atoms with Crippen LogP contribution in [0.4, 0.5) is 0 Å². The average molecular weight is 80.9 g/mol. The van der Waals surface area contributed by atoms with Crippen molar-refractivity contribution in [3.8, 4) is 0 Å². The van der Waals surface area contributed by atoms with Gasteiger partial charge in [0.2, 0.25) is 6.85 Å². The van der Waals surface area contributed by atoms with E-state index >= 15 is 0 Å². The van der Waals surface area contributed by atoms with Gasteiger partial charge in [-0.05, 0) is 0 Å². The first-order valence-electron chi connectivity index (χ1n) is 2.29. The van der Waals surface area contributed by atoms with Crippen LogP contribution in [-0.4, -0.2) is 13.4 Å². The van der Waals surface area contributed by atoms with Crippen molar-refractivity contribution in [2.45, 2.75) is 6.82 Å². The maximum absolute atomic E-state index is 3.21. The van der Waals surface area contributed by atoms with E-state index in [1.165, 1.54) is 0 Å².